The quantitative estimate of drug-likeness (QED) is 0.689. The van der Waals surface area contributed by atoms with Crippen LogP contribution in [0, 0.1) is 0 Å². The van der Waals surface area contributed by atoms with Crippen LogP contribution in [0.15, 0.2) is 84.9 Å². The van der Waals surface area contributed by atoms with Crippen LogP contribution in [-0.4, -0.2) is 19.0 Å². The first kappa shape index (κ1) is 16.2. The lowest BCUT2D eigenvalue weighted by Gasteiger charge is -2.40. The molecule has 138 valence electrons. The maximum absolute atomic E-state index is 13.5. The molecule has 4 atom stereocenters. The normalized spacial score (nSPS) is 34.6. The zero-order valence-corrected chi connectivity index (χ0v) is 15.6. The average Bonchev–Trinajstić information content (AvgIpc) is 3.43. The second-order valence-corrected chi connectivity index (χ2v) is 8.01. The summed E-state index contributed by atoms with van der Waals surface area (Å²) in [5.74, 6) is -0.915. The Balaban J connectivity index is 1.72. The molecule has 2 heterocycles. The van der Waals surface area contributed by atoms with Crippen LogP contribution < -0.4 is 0 Å². The van der Waals surface area contributed by atoms with Gasteiger partial charge in [-0.2, -0.15) is 0 Å². The van der Waals surface area contributed by atoms with Gasteiger partial charge in [-0.15, -0.1) is 0 Å². The van der Waals surface area contributed by atoms with E-state index in [0.29, 0.717) is 0 Å². The molecule has 28 heavy (non-hydrogen) atoms. The van der Waals surface area contributed by atoms with Gasteiger partial charge < -0.3 is 9.47 Å². The third kappa shape index (κ3) is 1.55. The van der Waals surface area contributed by atoms with E-state index in [1.807, 2.05) is 48.5 Å². The largest absolute Gasteiger partial charge is 0.348 e. The van der Waals surface area contributed by atoms with Crippen molar-refractivity contribution in [3.63, 3.8) is 0 Å². The number of fused-ring (bicyclic) bond motifs is 7. The van der Waals surface area contributed by atoms with E-state index in [-0.39, 0.29) is 5.78 Å². The number of rotatable bonds is 3. The van der Waals surface area contributed by atoms with Crippen molar-refractivity contribution in [2.24, 2.45) is 0 Å². The number of hydrogen-bond donors (Lipinski definition) is 0. The predicted octanol–water partition coefficient (Wildman–Crippen LogP) is 4.36. The Morgan fingerprint density at radius 1 is 0.857 bits per heavy atom. The van der Waals surface area contributed by atoms with Gasteiger partial charge in [0.15, 0.2) is 5.78 Å². The highest BCUT2D eigenvalue weighted by Crippen LogP contribution is 2.81. The Kier molecular flexibility index (Phi) is 3.01. The summed E-state index contributed by atoms with van der Waals surface area (Å²) < 4.78 is 12.8. The van der Waals surface area contributed by atoms with Crippen LogP contribution in [0.1, 0.15) is 33.5 Å². The summed E-state index contributed by atoms with van der Waals surface area (Å²) in [5, 5.41) is 0. The van der Waals surface area contributed by atoms with Crippen molar-refractivity contribution in [3.05, 3.63) is 107 Å². The molecule has 2 bridgehead atoms. The molecular weight excluding hydrogens is 348 g/mol. The summed E-state index contributed by atoms with van der Waals surface area (Å²) in [4.78, 5) is 13.5. The van der Waals surface area contributed by atoms with Crippen LogP contribution in [0.5, 0.6) is 0 Å². The van der Waals surface area contributed by atoms with E-state index in [1.165, 1.54) is 0 Å². The summed E-state index contributed by atoms with van der Waals surface area (Å²) in [6, 6.07) is 28.5. The molecule has 3 aliphatic rings. The standard InChI is InChI=1S/C25H20O3/c1-27-25-20-15-9-8-14-19(20)21(26)22(28-25)23(17-10-4-2-5-11-17)16-24(23,25)18-12-6-3-7-13-18/h2-15,22H,16H2,1H3/t22-,23+,24+,25+/m0/s1. The van der Waals surface area contributed by atoms with Crippen LogP contribution in [-0.2, 0) is 26.1 Å². The van der Waals surface area contributed by atoms with Crippen LogP contribution in [0.2, 0.25) is 0 Å². The highest BCUT2D eigenvalue weighted by molar-refractivity contribution is 6.05. The smallest absolute Gasteiger partial charge is 0.207 e. The van der Waals surface area contributed by atoms with Crippen LogP contribution in [0.25, 0.3) is 0 Å². The lowest BCUT2D eigenvalue weighted by molar-refractivity contribution is -0.245. The number of ketones is 1. The molecular formula is C25H20O3. The minimum absolute atomic E-state index is 0.0578. The van der Waals surface area contributed by atoms with Crippen molar-refractivity contribution in [1.82, 2.24) is 0 Å². The second-order valence-electron chi connectivity index (χ2n) is 8.01. The number of methoxy groups -OCH3 is 1. The topological polar surface area (TPSA) is 35.5 Å². The van der Waals surface area contributed by atoms with Gasteiger partial charge in [-0.3, -0.25) is 4.79 Å². The predicted molar refractivity (Wildman–Crippen MR) is 105 cm³/mol. The summed E-state index contributed by atoms with van der Waals surface area (Å²) in [5.41, 5.74) is 3.00. The van der Waals surface area contributed by atoms with Gasteiger partial charge in [0.25, 0.3) is 0 Å². The highest BCUT2D eigenvalue weighted by atomic mass is 16.7. The fourth-order valence-electron chi connectivity index (χ4n) is 6.00. The third-order valence-corrected chi connectivity index (χ3v) is 7.10. The van der Waals surface area contributed by atoms with Crippen molar-refractivity contribution >= 4 is 5.78 Å². The minimum atomic E-state index is -0.973. The summed E-state index contributed by atoms with van der Waals surface area (Å²) in [7, 11) is 1.70. The molecule has 3 aromatic carbocycles. The minimum Gasteiger partial charge on any atom is -0.348 e. The average molecular weight is 368 g/mol. The number of hydrogen-bond acceptors (Lipinski definition) is 3. The molecule has 0 spiro atoms. The molecule has 1 saturated carbocycles. The van der Waals surface area contributed by atoms with Gasteiger partial charge in [0.05, 0.1) is 5.41 Å². The van der Waals surface area contributed by atoms with E-state index >= 15 is 0 Å². The molecule has 6 rings (SSSR count). The first-order valence-corrected chi connectivity index (χ1v) is 9.69. The fraction of sp³-hybridized carbons (Fsp3) is 0.240. The Bertz CT molecular complexity index is 1090. The molecule has 0 unspecified atom stereocenters. The summed E-state index contributed by atoms with van der Waals surface area (Å²) in [6.45, 7) is 0. The molecule has 0 N–H and O–H groups in total. The Hall–Kier alpha value is -2.75. The van der Waals surface area contributed by atoms with Crippen molar-refractivity contribution in [1.29, 1.82) is 0 Å². The van der Waals surface area contributed by atoms with Gasteiger partial charge in [-0.05, 0) is 17.5 Å². The molecule has 1 aliphatic carbocycles. The van der Waals surface area contributed by atoms with Crippen molar-refractivity contribution in [3.8, 4) is 0 Å². The van der Waals surface area contributed by atoms with Crippen molar-refractivity contribution in [2.75, 3.05) is 7.11 Å². The lowest BCUT2D eigenvalue weighted by atomic mass is 9.76. The second kappa shape index (κ2) is 5.19. The SMILES string of the molecule is CO[C@@]12O[C@@H](C(=O)c3ccccc31)[C@]1(c3ccccc3)C[C@]21c1ccccc1. The Morgan fingerprint density at radius 3 is 2.14 bits per heavy atom. The van der Waals surface area contributed by atoms with E-state index in [0.717, 1.165) is 28.7 Å². The van der Waals surface area contributed by atoms with Crippen molar-refractivity contribution < 1.29 is 14.3 Å². The van der Waals surface area contributed by atoms with Crippen LogP contribution in [0.4, 0.5) is 0 Å². The Labute approximate surface area is 163 Å². The van der Waals surface area contributed by atoms with Crippen LogP contribution in [0.3, 0.4) is 0 Å². The molecule has 3 heteroatoms. The summed E-state index contributed by atoms with van der Waals surface area (Å²) in [6.07, 6.45) is 0.275. The molecule has 2 aliphatic heterocycles. The number of carbonyl (C=O) groups is 1. The first-order chi connectivity index (χ1) is 13.7. The van der Waals surface area contributed by atoms with E-state index in [2.05, 4.69) is 36.4 Å². The molecule has 3 aromatic rings. The molecule has 0 radical (unpaired) electrons. The van der Waals surface area contributed by atoms with Crippen LogP contribution >= 0.6 is 0 Å². The highest BCUT2D eigenvalue weighted by Gasteiger charge is 2.89. The molecule has 1 saturated heterocycles. The third-order valence-electron chi connectivity index (χ3n) is 7.10. The number of ether oxygens (including phenoxy) is 2. The first-order valence-electron chi connectivity index (χ1n) is 9.69. The van der Waals surface area contributed by atoms with E-state index in [9.17, 15) is 4.79 Å². The van der Waals surface area contributed by atoms with Gasteiger partial charge in [-0.1, -0.05) is 84.9 Å². The van der Waals surface area contributed by atoms with E-state index in [4.69, 9.17) is 9.47 Å². The monoisotopic (exact) mass is 368 g/mol. The van der Waals surface area contributed by atoms with Crippen molar-refractivity contribution in [2.45, 2.75) is 29.1 Å². The number of benzene rings is 3. The van der Waals surface area contributed by atoms with E-state index in [1.54, 1.807) is 7.11 Å². The van der Waals surface area contributed by atoms with Gasteiger partial charge in [0.2, 0.25) is 5.79 Å². The van der Waals surface area contributed by atoms with Gasteiger partial charge in [0.1, 0.15) is 6.10 Å². The fourth-order valence-corrected chi connectivity index (χ4v) is 6.00. The van der Waals surface area contributed by atoms with Gasteiger partial charge in [-0.25, -0.2) is 0 Å². The zero-order chi connectivity index (χ0) is 19.0. The Morgan fingerprint density at radius 2 is 1.46 bits per heavy atom. The molecule has 3 nitrogen and oxygen atoms in total. The van der Waals surface area contributed by atoms with Gasteiger partial charge in [0, 0.05) is 23.7 Å². The van der Waals surface area contributed by atoms with Gasteiger partial charge >= 0.3 is 0 Å². The number of Topliss-reactive ketones (excluding diaryl/α,β-unsaturated/α-hetero) is 1. The molecule has 0 amide bonds. The number of carbonyl (C=O) groups excluding carboxylic acids is 1. The lowest BCUT2D eigenvalue weighted by Crippen LogP contribution is -2.46. The van der Waals surface area contributed by atoms with E-state index < -0.39 is 22.7 Å². The molecule has 2 fully saturated rings. The zero-order valence-electron chi connectivity index (χ0n) is 15.6. The maximum Gasteiger partial charge on any atom is 0.207 e. The summed E-state index contributed by atoms with van der Waals surface area (Å²) >= 11 is 0. The molecule has 0 aromatic heterocycles. The maximum atomic E-state index is 13.5.